The van der Waals surface area contributed by atoms with Crippen molar-refractivity contribution in [3.05, 3.63) is 54.6 Å². The minimum atomic E-state index is -0.281. The molecule has 2 heterocycles. The molecule has 0 spiro atoms. The molecule has 3 aromatic rings. The summed E-state index contributed by atoms with van der Waals surface area (Å²) in [5.74, 6) is 1.28. The molecule has 4 rings (SSSR count). The molecule has 1 aromatic heterocycles. The first-order chi connectivity index (χ1) is 12.7. The number of para-hydroxylation sites is 1. The average molecular weight is 366 g/mol. The van der Waals surface area contributed by atoms with Gasteiger partial charge in [-0.15, -0.1) is 0 Å². The summed E-state index contributed by atoms with van der Waals surface area (Å²) in [5, 5.41) is 4.56. The van der Waals surface area contributed by atoms with Crippen LogP contribution in [0.15, 0.2) is 59.6 Å². The number of aromatic nitrogens is 1. The molecular weight excluding hydrogens is 348 g/mol. The van der Waals surface area contributed by atoms with E-state index >= 15 is 0 Å². The number of thioether (sulfide) groups is 1. The zero-order chi connectivity index (χ0) is 17.9. The molecule has 0 fully saturated rings. The molecule has 0 bridgehead atoms. The lowest BCUT2D eigenvalue weighted by molar-refractivity contribution is -0.115. The van der Waals surface area contributed by atoms with Gasteiger partial charge in [0.15, 0.2) is 11.5 Å². The van der Waals surface area contributed by atoms with Crippen LogP contribution in [-0.4, -0.2) is 29.4 Å². The minimum Gasteiger partial charge on any atom is -0.486 e. The van der Waals surface area contributed by atoms with E-state index in [9.17, 15) is 4.79 Å². The van der Waals surface area contributed by atoms with Crippen LogP contribution in [-0.2, 0) is 4.79 Å². The molecule has 1 amide bonds. The number of pyridine rings is 1. The number of amides is 1. The van der Waals surface area contributed by atoms with Crippen LogP contribution in [0, 0.1) is 0 Å². The van der Waals surface area contributed by atoms with Gasteiger partial charge in [0, 0.05) is 17.1 Å². The number of rotatable bonds is 4. The molecule has 5 nitrogen and oxygen atoms in total. The van der Waals surface area contributed by atoms with Gasteiger partial charge in [-0.3, -0.25) is 4.79 Å². The standard InChI is InChI=1S/C20H18N2O3S/c1-13(26-19-9-6-14-4-2-3-5-16(14)22-19)20(23)21-15-7-8-17-18(12-15)25-11-10-24-17/h2-9,12-13H,10-11H2,1H3,(H,21,23)/t13-/m1/s1. The van der Waals surface area contributed by atoms with Crippen molar-refractivity contribution in [2.45, 2.75) is 17.2 Å². The lowest BCUT2D eigenvalue weighted by Gasteiger charge is -2.19. The van der Waals surface area contributed by atoms with Gasteiger partial charge in [0.2, 0.25) is 5.91 Å². The fourth-order valence-corrected chi connectivity index (χ4v) is 3.54. The van der Waals surface area contributed by atoms with Crippen LogP contribution in [0.1, 0.15) is 6.92 Å². The van der Waals surface area contributed by atoms with Crippen molar-refractivity contribution >= 4 is 34.3 Å². The predicted molar refractivity (Wildman–Crippen MR) is 103 cm³/mol. The molecule has 0 saturated carbocycles. The summed E-state index contributed by atoms with van der Waals surface area (Å²) >= 11 is 1.44. The van der Waals surface area contributed by atoms with Crippen molar-refractivity contribution in [3.8, 4) is 11.5 Å². The van der Waals surface area contributed by atoms with Gasteiger partial charge in [0.1, 0.15) is 13.2 Å². The van der Waals surface area contributed by atoms with Gasteiger partial charge in [-0.05, 0) is 31.2 Å². The van der Waals surface area contributed by atoms with Gasteiger partial charge in [-0.1, -0.05) is 36.0 Å². The van der Waals surface area contributed by atoms with Crippen molar-refractivity contribution in [2.24, 2.45) is 0 Å². The van der Waals surface area contributed by atoms with Crippen molar-refractivity contribution in [1.82, 2.24) is 4.98 Å². The molecule has 1 atom stereocenters. The normalized spacial score (nSPS) is 14.0. The van der Waals surface area contributed by atoms with E-state index in [1.807, 2.05) is 55.5 Å². The molecule has 0 unspecified atom stereocenters. The van der Waals surface area contributed by atoms with Crippen molar-refractivity contribution < 1.29 is 14.3 Å². The summed E-state index contributed by atoms with van der Waals surface area (Å²) in [7, 11) is 0. The van der Waals surface area contributed by atoms with Crippen LogP contribution < -0.4 is 14.8 Å². The van der Waals surface area contributed by atoms with E-state index < -0.39 is 0 Å². The first kappa shape index (κ1) is 16.7. The van der Waals surface area contributed by atoms with Gasteiger partial charge < -0.3 is 14.8 Å². The number of carbonyl (C=O) groups is 1. The molecule has 6 heteroatoms. The summed E-state index contributed by atoms with van der Waals surface area (Å²) in [4.78, 5) is 17.1. The van der Waals surface area contributed by atoms with Crippen LogP contribution >= 0.6 is 11.8 Å². The molecule has 0 saturated heterocycles. The first-order valence-electron chi connectivity index (χ1n) is 8.42. The smallest absolute Gasteiger partial charge is 0.237 e. The first-order valence-corrected chi connectivity index (χ1v) is 9.30. The number of hydrogen-bond donors (Lipinski definition) is 1. The highest BCUT2D eigenvalue weighted by molar-refractivity contribution is 8.00. The molecule has 132 valence electrons. The van der Waals surface area contributed by atoms with Gasteiger partial charge in [-0.25, -0.2) is 4.98 Å². The van der Waals surface area contributed by atoms with Crippen LogP contribution in [0.3, 0.4) is 0 Å². The summed E-state index contributed by atoms with van der Waals surface area (Å²) in [6.45, 7) is 2.93. The summed E-state index contributed by atoms with van der Waals surface area (Å²) < 4.78 is 11.0. The Morgan fingerprint density at radius 1 is 1.08 bits per heavy atom. The van der Waals surface area contributed by atoms with Crippen LogP contribution in [0.25, 0.3) is 10.9 Å². The molecule has 0 radical (unpaired) electrons. The lowest BCUT2D eigenvalue weighted by Crippen LogP contribution is -2.23. The third-order valence-electron chi connectivity index (χ3n) is 4.05. The molecule has 1 N–H and O–H groups in total. The Morgan fingerprint density at radius 2 is 1.88 bits per heavy atom. The van der Waals surface area contributed by atoms with E-state index in [2.05, 4.69) is 10.3 Å². The van der Waals surface area contributed by atoms with E-state index in [0.717, 1.165) is 15.9 Å². The highest BCUT2D eigenvalue weighted by Gasteiger charge is 2.17. The molecular formula is C20H18N2O3S. The average Bonchev–Trinajstić information content (AvgIpc) is 2.67. The second-order valence-electron chi connectivity index (χ2n) is 5.95. The number of benzene rings is 2. The number of fused-ring (bicyclic) bond motifs is 2. The van der Waals surface area contributed by atoms with Gasteiger partial charge in [0.05, 0.1) is 15.8 Å². The quantitative estimate of drug-likeness (QED) is 0.704. The minimum absolute atomic E-state index is 0.0818. The van der Waals surface area contributed by atoms with Gasteiger partial charge in [-0.2, -0.15) is 0 Å². The van der Waals surface area contributed by atoms with E-state index in [0.29, 0.717) is 30.4 Å². The van der Waals surface area contributed by atoms with E-state index in [-0.39, 0.29) is 11.2 Å². The fraction of sp³-hybridized carbons (Fsp3) is 0.200. The third kappa shape index (κ3) is 3.60. The molecule has 1 aliphatic rings. The zero-order valence-corrected chi connectivity index (χ0v) is 15.1. The number of ether oxygens (including phenoxy) is 2. The maximum Gasteiger partial charge on any atom is 0.237 e. The van der Waals surface area contributed by atoms with Crippen molar-refractivity contribution in [2.75, 3.05) is 18.5 Å². The third-order valence-corrected chi connectivity index (χ3v) is 5.09. The molecule has 2 aromatic carbocycles. The number of anilines is 1. The van der Waals surface area contributed by atoms with Gasteiger partial charge >= 0.3 is 0 Å². The fourth-order valence-electron chi connectivity index (χ4n) is 2.71. The zero-order valence-electron chi connectivity index (χ0n) is 14.3. The van der Waals surface area contributed by atoms with Crippen LogP contribution in [0.4, 0.5) is 5.69 Å². The van der Waals surface area contributed by atoms with Crippen molar-refractivity contribution in [3.63, 3.8) is 0 Å². The summed E-state index contributed by atoms with van der Waals surface area (Å²) in [5.41, 5.74) is 1.62. The lowest BCUT2D eigenvalue weighted by atomic mass is 10.2. The monoisotopic (exact) mass is 366 g/mol. The predicted octanol–water partition coefficient (Wildman–Crippen LogP) is 4.13. The number of nitrogens with zero attached hydrogens (tertiary/aromatic N) is 1. The van der Waals surface area contributed by atoms with E-state index in [4.69, 9.17) is 9.47 Å². The van der Waals surface area contributed by atoms with Gasteiger partial charge in [0.25, 0.3) is 0 Å². The highest BCUT2D eigenvalue weighted by Crippen LogP contribution is 2.33. The largest absolute Gasteiger partial charge is 0.486 e. The Hall–Kier alpha value is -2.73. The Labute approximate surface area is 155 Å². The van der Waals surface area contributed by atoms with E-state index in [1.54, 1.807) is 6.07 Å². The highest BCUT2D eigenvalue weighted by atomic mass is 32.2. The number of hydrogen-bond acceptors (Lipinski definition) is 5. The second kappa shape index (κ2) is 7.25. The topological polar surface area (TPSA) is 60.5 Å². The summed E-state index contributed by atoms with van der Waals surface area (Å²) in [6, 6.07) is 17.3. The second-order valence-corrected chi connectivity index (χ2v) is 7.31. The van der Waals surface area contributed by atoms with Crippen LogP contribution in [0.2, 0.25) is 0 Å². The summed E-state index contributed by atoms with van der Waals surface area (Å²) in [6.07, 6.45) is 0. The molecule has 26 heavy (non-hydrogen) atoms. The number of nitrogens with one attached hydrogen (secondary N) is 1. The van der Waals surface area contributed by atoms with Crippen molar-refractivity contribution in [1.29, 1.82) is 0 Å². The Bertz CT molecular complexity index is 961. The molecule has 0 aliphatic carbocycles. The Morgan fingerprint density at radius 3 is 2.77 bits per heavy atom. The SMILES string of the molecule is C[C@@H](Sc1ccc2ccccc2n1)C(=O)Nc1ccc2c(c1)OCCO2. The number of carbonyl (C=O) groups excluding carboxylic acids is 1. The maximum absolute atomic E-state index is 12.5. The Balaban J connectivity index is 1.44. The van der Waals surface area contributed by atoms with E-state index in [1.165, 1.54) is 11.8 Å². The maximum atomic E-state index is 12.5. The Kier molecular flexibility index (Phi) is 4.67. The van der Waals surface area contributed by atoms with Crippen LogP contribution in [0.5, 0.6) is 11.5 Å². The molecule has 1 aliphatic heterocycles.